The van der Waals surface area contributed by atoms with Crippen molar-refractivity contribution >= 4 is 20.4 Å². The van der Waals surface area contributed by atoms with Crippen LogP contribution in [0.1, 0.15) is 16.7 Å². The van der Waals surface area contributed by atoms with Gasteiger partial charge in [0, 0.05) is 16.1 Å². The molecule has 0 fully saturated rings. The van der Waals surface area contributed by atoms with Gasteiger partial charge in [0.2, 0.25) is 0 Å². The predicted molar refractivity (Wildman–Crippen MR) is 106 cm³/mol. The fourth-order valence-electron chi connectivity index (χ4n) is 2.41. The van der Waals surface area contributed by atoms with Crippen LogP contribution >= 0.6 is 15.9 Å². The lowest BCUT2D eigenvalue weighted by Crippen LogP contribution is -1.99. The number of benzene rings is 3. The third kappa shape index (κ3) is 4.97. The molecule has 0 spiro atoms. The molecule has 3 rings (SSSR count). The molecule has 0 aliphatic heterocycles. The van der Waals surface area contributed by atoms with Crippen LogP contribution in [0, 0.1) is 0 Å². The lowest BCUT2D eigenvalue weighted by molar-refractivity contribution is 0.289. The Morgan fingerprint density at radius 2 is 1.32 bits per heavy atom. The van der Waals surface area contributed by atoms with Gasteiger partial charge in [-0.1, -0.05) is 83.2 Å². The molecule has 0 unspecified atom stereocenters. The molecule has 0 radical (unpaired) electrons. The van der Waals surface area contributed by atoms with Crippen molar-refractivity contribution in [1.29, 1.82) is 0 Å². The molecule has 3 aromatic carbocycles. The molecule has 0 aromatic heterocycles. The minimum Gasteiger partial charge on any atom is -0.489 e. The van der Waals surface area contributed by atoms with Crippen molar-refractivity contribution in [3.05, 3.63) is 102 Å². The zero-order valence-electron chi connectivity index (χ0n) is 13.8. The van der Waals surface area contributed by atoms with Crippen molar-refractivity contribution in [1.82, 2.24) is 0 Å². The quantitative estimate of drug-likeness (QED) is 0.474. The third-order valence-corrected chi connectivity index (χ3v) is 4.16. The van der Waals surface area contributed by atoms with Gasteiger partial charge < -0.3 is 9.47 Å². The molecule has 0 aliphatic rings. The lowest BCUT2D eigenvalue weighted by atomic mass is 10.2. The summed E-state index contributed by atoms with van der Waals surface area (Å²) in [5, 5.41) is 0. The first kappa shape index (κ1) is 17.3. The molecule has 0 amide bonds. The monoisotopic (exact) mass is 394 g/mol. The molecule has 0 heterocycles. The smallest absolute Gasteiger partial charge is 0.131 e. The van der Waals surface area contributed by atoms with E-state index >= 15 is 0 Å². The summed E-state index contributed by atoms with van der Waals surface area (Å²) < 4.78 is 12.7. The molecule has 0 bridgehead atoms. The summed E-state index contributed by atoms with van der Waals surface area (Å²) in [5.74, 6) is 1.51. The zero-order valence-corrected chi connectivity index (χ0v) is 15.4. The highest BCUT2D eigenvalue weighted by Gasteiger charge is 2.09. The molecule has 3 aromatic rings. The molecule has 0 N–H and O–H groups in total. The van der Waals surface area contributed by atoms with Crippen molar-refractivity contribution in [3.8, 4) is 11.5 Å². The molecular formula is C22H19BrO2. The van der Waals surface area contributed by atoms with E-state index in [4.69, 9.17) is 9.47 Å². The standard InChI is InChI=1S/C22H19BrO2/c1-17(23)21-13-12-20(24-15-18-8-4-2-5-9-18)14-22(21)25-16-19-10-6-3-7-11-19/h2-14H,1,15-16H2. The Labute approximate surface area is 156 Å². The number of ether oxygens (including phenoxy) is 2. The SMILES string of the molecule is C=C(Br)c1ccc(OCc2ccccc2)cc1OCc1ccccc1. The van der Waals surface area contributed by atoms with Gasteiger partial charge in [-0.15, -0.1) is 0 Å². The van der Waals surface area contributed by atoms with Gasteiger partial charge in [-0.2, -0.15) is 0 Å². The molecule has 0 atom stereocenters. The maximum atomic E-state index is 6.01. The Kier molecular flexibility index (Phi) is 5.91. The molecule has 0 saturated heterocycles. The average Bonchev–Trinajstić information content (AvgIpc) is 2.66. The van der Waals surface area contributed by atoms with E-state index in [-0.39, 0.29) is 0 Å². The van der Waals surface area contributed by atoms with Gasteiger partial charge in [0.25, 0.3) is 0 Å². The molecule has 0 aliphatic carbocycles. The Morgan fingerprint density at radius 1 is 0.760 bits per heavy atom. The van der Waals surface area contributed by atoms with E-state index < -0.39 is 0 Å². The van der Waals surface area contributed by atoms with Crippen LogP contribution < -0.4 is 9.47 Å². The number of hydrogen-bond acceptors (Lipinski definition) is 2. The minimum absolute atomic E-state index is 0.496. The maximum Gasteiger partial charge on any atom is 0.131 e. The topological polar surface area (TPSA) is 18.5 Å². The van der Waals surface area contributed by atoms with Gasteiger partial charge in [0.05, 0.1) is 0 Å². The summed E-state index contributed by atoms with van der Waals surface area (Å²) >= 11 is 3.44. The number of halogens is 1. The van der Waals surface area contributed by atoms with Crippen LogP contribution in [-0.4, -0.2) is 0 Å². The summed E-state index contributed by atoms with van der Waals surface area (Å²) in [7, 11) is 0. The number of rotatable bonds is 7. The summed E-state index contributed by atoms with van der Waals surface area (Å²) in [6.45, 7) is 4.98. The van der Waals surface area contributed by atoms with Crippen LogP contribution in [-0.2, 0) is 13.2 Å². The highest BCUT2D eigenvalue weighted by atomic mass is 79.9. The van der Waals surface area contributed by atoms with Crippen LogP contribution in [0.25, 0.3) is 4.48 Å². The second kappa shape index (κ2) is 8.54. The molecule has 0 saturated carbocycles. The van der Waals surface area contributed by atoms with Crippen molar-refractivity contribution in [3.63, 3.8) is 0 Å². The number of hydrogen-bond donors (Lipinski definition) is 0. The lowest BCUT2D eigenvalue weighted by Gasteiger charge is -2.14. The van der Waals surface area contributed by atoms with Gasteiger partial charge in [-0.05, 0) is 23.3 Å². The third-order valence-electron chi connectivity index (χ3n) is 3.73. The minimum atomic E-state index is 0.496. The molecule has 126 valence electrons. The van der Waals surface area contributed by atoms with E-state index in [2.05, 4.69) is 22.5 Å². The highest BCUT2D eigenvalue weighted by Crippen LogP contribution is 2.33. The van der Waals surface area contributed by atoms with Crippen LogP contribution in [0.2, 0.25) is 0 Å². The van der Waals surface area contributed by atoms with Gasteiger partial charge >= 0.3 is 0 Å². The van der Waals surface area contributed by atoms with Crippen LogP contribution in [0.3, 0.4) is 0 Å². The van der Waals surface area contributed by atoms with Gasteiger partial charge in [0.1, 0.15) is 24.7 Å². The molecule has 3 heteroatoms. The van der Waals surface area contributed by atoms with E-state index in [1.807, 2.05) is 78.9 Å². The Balaban J connectivity index is 1.73. The summed E-state index contributed by atoms with van der Waals surface area (Å²) in [5.41, 5.74) is 3.16. The highest BCUT2D eigenvalue weighted by molar-refractivity contribution is 9.15. The van der Waals surface area contributed by atoms with Crippen LogP contribution in [0.15, 0.2) is 85.4 Å². The van der Waals surface area contributed by atoms with Gasteiger partial charge in [0.15, 0.2) is 0 Å². The van der Waals surface area contributed by atoms with Crippen molar-refractivity contribution in [2.24, 2.45) is 0 Å². The first-order chi connectivity index (χ1) is 12.2. The summed E-state index contributed by atoms with van der Waals surface area (Å²) in [4.78, 5) is 0. The average molecular weight is 395 g/mol. The Bertz CT molecular complexity index is 829. The second-order valence-electron chi connectivity index (χ2n) is 5.61. The van der Waals surface area contributed by atoms with Gasteiger partial charge in [-0.3, -0.25) is 0 Å². The van der Waals surface area contributed by atoms with Gasteiger partial charge in [-0.25, -0.2) is 0 Å². The molecule has 25 heavy (non-hydrogen) atoms. The first-order valence-corrected chi connectivity index (χ1v) is 8.84. The molecular weight excluding hydrogens is 376 g/mol. The van der Waals surface area contributed by atoms with E-state index in [1.165, 1.54) is 0 Å². The summed E-state index contributed by atoms with van der Waals surface area (Å²) in [6, 6.07) is 26.0. The van der Waals surface area contributed by atoms with Crippen LogP contribution in [0.5, 0.6) is 11.5 Å². The first-order valence-electron chi connectivity index (χ1n) is 8.04. The Hall–Kier alpha value is -2.52. The van der Waals surface area contributed by atoms with Crippen LogP contribution in [0.4, 0.5) is 0 Å². The predicted octanol–water partition coefficient (Wildman–Crippen LogP) is 6.21. The summed E-state index contributed by atoms with van der Waals surface area (Å²) in [6.07, 6.45) is 0. The molecule has 2 nitrogen and oxygen atoms in total. The fourth-order valence-corrected chi connectivity index (χ4v) is 2.74. The zero-order chi connectivity index (χ0) is 17.5. The van der Waals surface area contributed by atoms with E-state index in [0.717, 1.165) is 32.7 Å². The second-order valence-corrected chi connectivity index (χ2v) is 6.57. The Morgan fingerprint density at radius 3 is 1.88 bits per heavy atom. The van der Waals surface area contributed by atoms with Crippen molar-refractivity contribution in [2.45, 2.75) is 13.2 Å². The van der Waals surface area contributed by atoms with Crippen molar-refractivity contribution < 1.29 is 9.47 Å². The normalized spacial score (nSPS) is 10.3. The largest absolute Gasteiger partial charge is 0.489 e. The fraction of sp³-hybridized carbons (Fsp3) is 0.0909. The van der Waals surface area contributed by atoms with E-state index in [1.54, 1.807) is 0 Å². The maximum absolute atomic E-state index is 6.01. The van der Waals surface area contributed by atoms with E-state index in [0.29, 0.717) is 13.2 Å². The van der Waals surface area contributed by atoms with E-state index in [9.17, 15) is 0 Å². The van der Waals surface area contributed by atoms with Crippen molar-refractivity contribution in [2.75, 3.05) is 0 Å².